The van der Waals surface area contributed by atoms with Crippen LogP contribution in [0.15, 0.2) is 77.4 Å². The number of aryl methyl sites for hydroxylation is 2. The number of carbonyl (C=O) groups excluding carboxylic acids is 1. The number of ketones is 1. The van der Waals surface area contributed by atoms with Crippen molar-refractivity contribution in [2.75, 3.05) is 10.6 Å². The Morgan fingerprint density at radius 3 is 2.49 bits per heavy atom. The molecule has 2 aromatic heterocycles. The highest BCUT2D eigenvalue weighted by Gasteiger charge is 2.21. The number of hydrogen-bond donors (Lipinski definition) is 2. The van der Waals surface area contributed by atoms with Gasteiger partial charge in [-0.25, -0.2) is 0 Å². The van der Waals surface area contributed by atoms with Crippen LogP contribution in [0.1, 0.15) is 21.5 Å². The maximum Gasteiger partial charge on any atom is 0.173 e. The van der Waals surface area contributed by atoms with Crippen molar-refractivity contribution in [1.82, 2.24) is 15.2 Å². The first-order chi connectivity index (χ1) is 17.0. The molecule has 0 atom stereocenters. The SMILES string of the molecule is Cc1ccc(-c2nnc(Nc3ccc(C(=O)CBr)cc3)c(-c3c[nH]c4ccccc34)c2Br)cc1C. The largest absolute Gasteiger partial charge is 0.361 e. The summed E-state index contributed by atoms with van der Waals surface area (Å²) in [4.78, 5) is 15.3. The summed E-state index contributed by atoms with van der Waals surface area (Å²) in [5.41, 5.74) is 8.64. The van der Waals surface area contributed by atoms with E-state index in [2.05, 4.69) is 96.5 Å². The van der Waals surface area contributed by atoms with Gasteiger partial charge < -0.3 is 10.3 Å². The van der Waals surface area contributed by atoms with Crippen LogP contribution in [0.3, 0.4) is 0 Å². The molecule has 0 radical (unpaired) electrons. The van der Waals surface area contributed by atoms with Gasteiger partial charge in [0.2, 0.25) is 0 Å². The lowest BCUT2D eigenvalue weighted by atomic mass is 10.0. The minimum Gasteiger partial charge on any atom is -0.361 e. The second-order valence-corrected chi connectivity index (χ2v) is 9.75. The third-order valence-electron chi connectivity index (χ3n) is 6.14. The normalized spacial score (nSPS) is 11.1. The summed E-state index contributed by atoms with van der Waals surface area (Å²) >= 11 is 7.09. The number of H-pyrrole nitrogens is 1. The number of Topliss-reactive ketones (excluding diaryl/α,β-unsaturated/α-hetero) is 1. The molecule has 0 spiro atoms. The van der Waals surface area contributed by atoms with Crippen LogP contribution in [0.2, 0.25) is 0 Å². The predicted molar refractivity (Wildman–Crippen MR) is 150 cm³/mol. The first kappa shape index (κ1) is 23.5. The number of benzene rings is 3. The first-order valence-electron chi connectivity index (χ1n) is 11.1. The van der Waals surface area contributed by atoms with Crippen molar-refractivity contribution in [2.45, 2.75) is 13.8 Å². The number of fused-ring (bicyclic) bond motifs is 1. The molecule has 5 nitrogen and oxygen atoms in total. The van der Waals surface area contributed by atoms with Crippen LogP contribution < -0.4 is 5.32 Å². The summed E-state index contributed by atoms with van der Waals surface area (Å²) in [6, 6.07) is 21.9. The molecule has 0 bridgehead atoms. The second kappa shape index (κ2) is 9.76. The van der Waals surface area contributed by atoms with E-state index in [4.69, 9.17) is 0 Å². The Morgan fingerprint density at radius 2 is 1.74 bits per heavy atom. The summed E-state index contributed by atoms with van der Waals surface area (Å²) in [5, 5.41) is 14.0. The maximum atomic E-state index is 12.0. The monoisotopic (exact) mass is 588 g/mol. The quantitative estimate of drug-likeness (QED) is 0.155. The average Bonchev–Trinajstić information content (AvgIpc) is 3.30. The van der Waals surface area contributed by atoms with Gasteiger partial charge in [-0.15, -0.1) is 10.2 Å². The number of rotatable bonds is 6. The Bertz CT molecular complexity index is 1560. The fourth-order valence-corrected chi connectivity index (χ4v) is 5.09. The molecular weight excluding hydrogens is 568 g/mol. The van der Waals surface area contributed by atoms with E-state index in [9.17, 15) is 4.79 Å². The Balaban J connectivity index is 1.66. The van der Waals surface area contributed by atoms with Gasteiger partial charge in [-0.1, -0.05) is 46.3 Å². The smallest absolute Gasteiger partial charge is 0.173 e. The van der Waals surface area contributed by atoms with Gasteiger partial charge >= 0.3 is 0 Å². The maximum absolute atomic E-state index is 12.0. The molecule has 5 aromatic rings. The van der Waals surface area contributed by atoms with Crippen molar-refractivity contribution >= 4 is 60.1 Å². The van der Waals surface area contributed by atoms with Crippen LogP contribution in [0, 0.1) is 13.8 Å². The minimum atomic E-state index is 0.0383. The van der Waals surface area contributed by atoms with Crippen molar-refractivity contribution in [2.24, 2.45) is 0 Å². The van der Waals surface area contributed by atoms with E-state index in [1.807, 2.05) is 42.6 Å². The van der Waals surface area contributed by atoms with Gasteiger partial charge in [-0.3, -0.25) is 4.79 Å². The molecule has 0 aliphatic heterocycles. The molecule has 0 aliphatic carbocycles. The molecule has 3 aromatic carbocycles. The van der Waals surface area contributed by atoms with Crippen LogP contribution in [-0.2, 0) is 0 Å². The molecule has 2 N–H and O–H groups in total. The van der Waals surface area contributed by atoms with Crippen molar-refractivity contribution in [1.29, 1.82) is 0 Å². The van der Waals surface area contributed by atoms with Gasteiger partial charge in [-0.2, -0.15) is 0 Å². The standard InChI is InChI=1S/C28H22Br2N4O/c1-16-7-8-19(13-17(16)2)27-26(30)25(22-15-31-23-6-4-3-5-21(22)23)28(34-33-27)32-20-11-9-18(10-12-20)24(35)14-29/h3-13,15,31H,14H2,1-2H3,(H,32,34). The third kappa shape index (κ3) is 4.54. The highest BCUT2D eigenvalue weighted by Crippen LogP contribution is 2.42. The average molecular weight is 590 g/mol. The van der Waals surface area contributed by atoms with Crippen LogP contribution in [-0.4, -0.2) is 26.3 Å². The van der Waals surface area contributed by atoms with Crippen molar-refractivity contribution in [3.05, 3.63) is 94.1 Å². The van der Waals surface area contributed by atoms with E-state index in [-0.39, 0.29) is 5.78 Å². The third-order valence-corrected chi connectivity index (χ3v) is 7.43. The summed E-state index contributed by atoms with van der Waals surface area (Å²) < 4.78 is 0.856. The zero-order valence-electron chi connectivity index (χ0n) is 19.2. The van der Waals surface area contributed by atoms with Gasteiger partial charge in [0.05, 0.1) is 9.80 Å². The number of alkyl halides is 1. The van der Waals surface area contributed by atoms with Crippen LogP contribution in [0.5, 0.6) is 0 Å². The Morgan fingerprint density at radius 1 is 0.971 bits per heavy atom. The minimum absolute atomic E-state index is 0.0383. The van der Waals surface area contributed by atoms with E-state index in [1.54, 1.807) is 0 Å². The summed E-state index contributed by atoms with van der Waals surface area (Å²) in [5.74, 6) is 0.657. The molecule has 0 saturated carbocycles. The van der Waals surface area contributed by atoms with Gasteiger partial charge in [0.25, 0.3) is 0 Å². The molecule has 0 fully saturated rings. The number of halogens is 2. The molecule has 7 heteroatoms. The molecule has 35 heavy (non-hydrogen) atoms. The Hall–Kier alpha value is -3.29. The summed E-state index contributed by atoms with van der Waals surface area (Å²) in [7, 11) is 0. The van der Waals surface area contributed by atoms with Crippen molar-refractivity contribution < 1.29 is 4.79 Å². The van der Waals surface area contributed by atoms with Crippen LogP contribution in [0.25, 0.3) is 33.3 Å². The number of para-hydroxylation sites is 1. The molecule has 2 heterocycles. The van der Waals surface area contributed by atoms with Crippen molar-refractivity contribution in [3.8, 4) is 22.4 Å². The summed E-state index contributed by atoms with van der Waals surface area (Å²) in [6.07, 6.45) is 2.00. The molecule has 0 saturated heterocycles. The molecular formula is C28H22Br2N4O. The van der Waals surface area contributed by atoms with Crippen molar-refractivity contribution in [3.63, 3.8) is 0 Å². The number of anilines is 2. The van der Waals surface area contributed by atoms with Crippen LogP contribution >= 0.6 is 31.9 Å². The fraction of sp³-hybridized carbons (Fsp3) is 0.107. The topological polar surface area (TPSA) is 70.7 Å². The van der Waals surface area contributed by atoms with E-state index < -0.39 is 0 Å². The lowest BCUT2D eigenvalue weighted by molar-refractivity contribution is 0.102. The number of carbonyl (C=O) groups is 1. The fourth-order valence-electron chi connectivity index (χ4n) is 4.05. The second-order valence-electron chi connectivity index (χ2n) is 8.39. The lowest BCUT2D eigenvalue weighted by Gasteiger charge is -2.15. The lowest BCUT2D eigenvalue weighted by Crippen LogP contribution is -2.03. The van der Waals surface area contributed by atoms with E-state index in [1.165, 1.54) is 11.1 Å². The van der Waals surface area contributed by atoms with E-state index in [0.717, 1.165) is 43.4 Å². The number of aromatic amines is 1. The van der Waals surface area contributed by atoms with Gasteiger partial charge in [0, 0.05) is 45.0 Å². The zero-order chi connectivity index (χ0) is 24.5. The Kier molecular flexibility index (Phi) is 6.54. The molecule has 0 aliphatic rings. The first-order valence-corrected chi connectivity index (χ1v) is 13.0. The number of hydrogen-bond acceptors (Lipinski definition) is 4. The Labute approximate surface area is 220 Å². The predicted octanol–water partition coefficient (Wildman–Crippen LogP) is 7.99. The molecule has 174 valence electrons. The van der Waals surface area contributed by atoms with E-state index in [0.29, 0.717) is 16.7 Å². The number of aromatic nitrogens is 3. The van der Waals surface area contributed by atoms with Gasteiger partial charge in [-0.05, 0) is 77.3 Å². The number of nitrogens with one attached hydrogen (secondary N) is 2. The molecule has 5 rings (SSSR count). The summed E-state index contributed by atoms with van der Waals surface area (Å²) in [6.45, 7) is 4.20. The zero-order valence-corrected chi connectivity index (χ0v) is 22.4. The molecule has 0 amide bonds. The van der Waals surface area contributed by atoms with Gasteiger partial charge in [0.1, 0.15) is 5.69 Å². The van der Waals surface area contributed by atoms with Gasteiger partial charge in [0.15, 0.2) is 11.6 Å². The highest BCUT2D eigenvalue weighted by atomic mass is 79.9. The highest BCUT2D eigenvalue weighted by molar-refractivity contribution is 9.10. The molecule has 0 unspecified atom stereocenters. The van der Waals surface area contributed by atoms with E-state index >= 15 is 0 Å². The van der Waals surface area contributed by atoms with Crippen LogP contribution in [0.4, 0.5) is 11.5 Å². The number of nitrogens with zero attached hydrogens (tertiary/aromatic N) is 2.